The molecule has 1 aromatic carbocycles. The average Bonchev–Trinajstić information content (AvgIpc) is 2.94. The molecular formula is C12H13N3O2. The second kappa shape index (κ2) is 3.94. The molecule has 1 fully saturated rings. The fourth-order valence-electron chi connectivity index (χ4n) is 2.25. The Labute approximate surface area is 98.8 Å². The van der Waals surface area contributed by atoms with Crippen molar-refractivity contribution in [3.63, 3.8) is 0 Å². The highest BCUT2D eigenvalue weighted by Gasteiger charge is 2.36. The minimum absolute atomic E-state index is 0.150. The van der Waals surface area contributed by atoms with Crippen molar-refractivity contribution in [1.82, 2.24) is 15.8 Å². The second-order valence-corrected chi connectivity index (χ2v) is 4.31. The maximum absolute atomic E-state index is 12.0. The number of fused-ring (bicyclic) bond motifs is 1. The zero-order valence-electron chi connectivity index (χ0n) is 9.27. The number of rotatable bonds is 2. The van der Waals surface area contributed by atoms with Gasteiger partial charge in [0.1, 0.15) is 0 Å². The summed E-state index contributed by atoms with van der Waals surface area (Å²) in [5.41, 5.74) is 3.96. The number of hydrogen-bond acceptors (Lipinski definition) is 4. The normalized spacial score (nSPS) is 23.3. The van der Waals surface area contributed by atoms with Crippen molar-refractivity contribution in [3.8, 4) is 0 Å². The van der Waals surface area contributed by atoms with E-state index in [2.05, 4.69) is 10.7 Å². The summed E-state index contributed by atoms with van der Waals surface area (Å²) in [6, 6.07) is 7.06. The van der Waals surface area contributed by atoms with E-state index < -0.39 is 0 Å². The largest absolute Gasteiger partial charge is 0.315 e. The standard InChI is InChI=1S/C12H13N3O2/c16-11-9-3-1-2-4-10(9)12(17)15(11)14-8-5-6-13-7-8/h1-4,8,13-14H,5-7H2/t8-/m1/s1. The quantitative estimate of drug-likeness (QED) is 0.711. The van der Waals surface area contributed by atoms with E-state index in [0.29, 0.717) is 11.1 Å². The number of amides is 2. The molecule has 0 aliphatic carbocycles. The van der Waals surface area contributed by atoms with E-state index in [1.165, 1.54) is 0 Å². The van der Waals surface area contributed by atoms with Crippen LogP contribution >= 0.6 is 0 Å². The molecule has 1 saturated heterocycles. The van der Waals surface area contributed by atoms with E-state index in [1.54, 1.807) is 24.3 Å². The summed E-state index contributed by atoms with van der Waals surface area (Å²) < 4.78 is 0. The molecule has 3 rings (SSSR count). The van der Waals surface area contributed by atoms with Crippen LogP contribution in [-0.4, -0.2) is 36.0 Å². The highest BCUT2D eigenvalue weighted by Crippen LogP contribution is 2.21. The fraction of sp³-hybridized carbons (Fsp3) is 0.333. The Balaban J connectivity index is 1.84. The second-order valence-electron chi connectivity index (χ2n) is 4.31. The van der Waals surface area contributed by atoms with E-state index in [1.807, 2.05) is 0 Å². The minimum Gasteiger partial charge on any atom is -0.315 e. The molecule has 1 aromatic rings. The summed E-state index contributed by atoms with van der Waals surface area (Å²) in [6.07, 6.45) is 0.924. The van der Waals surface area contributed by atoms with E-state index in [4.69, 9.17) is 0 Å². The third-order valence-corrected chi connectivity index (χ3v) is 3.17. The van der Waals surface area contributed by atoms with Crippen molar-refractivity contribution in [2.24, 2.45) is 0 Å². The molecule has 2 N–H and O–H groups in total. The third kappa shape index (κ3) is 1.64. The summed E-state index contributed by atoms with van der Waals surface area (Å²) in [7, 11) is 0. The predicted molar refractivity (Wildman–Crippen MR) is 61.4 cm³/mol. The molecule has 0 bridgehead atoms. The lowest BCUT2D eigenvalue weighted by Crippen LogP contribution is -2.48. The van der Waals surface area contributed by atoms with Crippen molar-refractivity contribution >= 4 is 11.8 Å². The lowest BCUT2D eigenvalue weighted by molar-refractivity contribution is 0.0539. The fourth-order valence-corrected chi connectivity index (χ4v) is 2.25. The molecule has 2 heterocycles. The Morgan fingerprint density at radius 2 is 1.82 bits per heavy atom. The Hall–Kier alpha value is -1.72. The summed E-state index contributed by atoms with van der Waals surface area (Å²) in [4.78, 5) is 24.0. The maximum atomic E-state index is 12.0. The van der Waals surface area contributed by atoms with Crippen molar-refractivity contribution in [2.45, 2.75) is 12.5 Å². The number of benzene rings is 1. The number of nitrogens with zero attached hydrogens (tertiary/aromatic N) is 1. The molecule has 5 nitrogen and oxygen atoms in total. The van der Waals surface area contributed by atoms with Crippen LogP contribution < -0.4 is 10.7 Å². The van der Waals surface area contributed by atoms with Gasteiger partial charge in [0, 0.05) is 12.6 Å². The molecule has 0 unspecified atom stereocenters. The van der Waals surface area contributed by atoms with Gasteiger partial charge in [-0.3, -0.25) is 9.59 Å². The summed E-state index contributed by atoms with van der Waals surface area (Å²) in [5.74, 6) is -0.505. The number of carbonyl (C=O) groups excluding carboxylic acids is 2. The van der Waals surface area contributed by atoms with Crippen LogP contribution in [0.2, 0.25) is 0 Å². The molecule has 2 aliphatic heterocycles. The summed E-state index contributed by atoms with van der Waals surface area (Å²) in [5, 5.41) is 4.33. The van der Waals surface area contributed by atoms with Crippen LogP contribution in [0.25, 0.3) is 0 Å². The smallest absolute Gasteiger partial charge is 0.276 e. The first-order valence-electron chi connectivity index (χ1n) is 5.72. The van der Waals surface area contributed by atoms with Gasteiger partial charge in [-0.25, -0.2) is 10.4 Å². The highest BCUT2D eigenvalue weighted by atomic mass is 16.2. The monoisotopic (exact) mass is 231 g/mol. The van der Waals surface area contributed by atoms with E-state index in [0.717, 1.165) is 24.5 Å². The van der Waals surface area contributed by atoms with Gasteiger partial charge in [0.05, 0.1) is 11.1 Å². The molecule has 88 valence electrons. The first kappa shape index (κ1) is 10.4. The summed E-state index contributed by atoms with van der Waals surface area (Å²) in [6.45, 7) is 1.70. The van der Waals surface area contributed by atoms with Gasteiger partial charge in [-0.05, 0) is 25.1 Å². The molecule has 2 amide bonds. The minimum atomic E-state index is -0.252. The molecule has 17 heavy (non-hydrogen) atoms. The first-order valence-corrected chi connectivity index (χ1v) is 5.72. The molecule has 0 spiro atoms. The van der Waals surface area contributed by atoms with Gasteiger partial charge in [0.25, 0.3) is 11.8 Å². The molecule has 5 heteroatoms. The van der Waals surface area contributed by atoms with Crippen LogP contribution in [0.1, 0.15) is 27.1 Å². The maximum Gasteiger partial charge on any atom is 0.276 e. The topological polar surface area (TPSA) is 61.4 Å². The number of carbonyl (C=O) groups is 2. The van der Waals surface area contributed by atoms with Gasteiger partial charge in [-0.15, -0.1) is 0 Å². The zero-order valence-corrected chi connectivity index (χ0v) is 9.27. The molecule has 0 radical (unpaired) electrons. The summed E-state index contributed by atoms with van der Waals surface area (Å²) >= 11 is 0. The van der Waals surface area contributed by atoms with Crippen molar-refractivity contribution in [1.29, 1.82) is 0 Å². The van der Waals surface area contributed by atoms with Crippen LogP contribution in [-0.2, 0) is 0 Å². The van der Waals surface area contributed by atoms with Gasteiger partial charge in [0.15, 0.2) is 0 Å². The van der Waals surface area contributed by atoms with Crippen LogP contribution in [0.3, 0.4) is 0 Å². The Bertz CT molecular complexity index is 445. The van der Waals surface area contributed by atoms with Crippen molar-refractivity contribution in [3.05, 3.63) is 35.4 Å². The van der Waals surface area contributed by atoms with Gasteiger partial charge in [-0.1, -0.05) is 12.1 Å². The Kier molecular flexibility index (Phi) is 2.42. The average molecular weight is 231 g/mol. The van der Waals surface area contributed by atoms with E-state index in [9.17, 15) is 9.59 Å². The Morgan fingerprint density at radius 1 is 1.18 bits per heavy atom. The lowest BCUT2D eigenvalue weighted by atomic mass is 10.1. The SMILES string of the molecule is O=C1c2ccccc2C(=O)N1N[C@@H]1CCNC1. The zero-order chi connectivity index (χ0) is 11.8. The van der Waals surface area contributed by atoms with Gasteiger partial charge in [-0.2, -0.15) is 0 Å². The van der Waals surface area contributed by atoms with Crippen molar-refractivity contribution < 1.29 is 9.59 Å². The highest BCUT2D eigenvalue weighted by molar-refractivity contribution is 6.20. The van der Waals surface area contributed by atoms with E-state index >= 15 is 0 Å². The molecular weight excluding hydrogens is 218 g/mol. The van der Waals surface area contributed by atoms with Crippen LogP contribution in [0, 0.1) is 0 Å². The molecule has 0 saturated carbocycles. The van der Waals surface area contributed by atoms with Gasteiger partial charge in [0.2, 0.25) is 0 Å². The predicted octanol–water partition coefficient (Wildman–Crippen LogP) is 0.149. The van der Waals surface area contributed by atoms with Crippen molar-refractivity contribution in [2.75, 3.05) is 13.1 Å². The van der Waals surface area contributed by atoms with Crippen LogP contribution in [0.15, 0.2) is 24.3 Å². The third-order valence-electron chi connectivity index (χ3n) is 3.17. The van der Waals surface area contributed by atoms with Crippen LogP contribution in [0.4, 0.5) is 0 Å². The van der Waals surface area contributed by atoms with Crippen LogP contribution in [0.5, 0.6) is 0 Å². The first-order chi connectivity index (χ1) is 8.27. The van der Waals surface area contributed by atoms with Gasteiger partial charge < -0.3 is 5.32 Å². The lowest BCUT2D eigenvalue weighted by Gasteiger charge is -2.19. The molecule has 1 atom stereocenters. The number of hydrogen-bond donors (Lipinski definition) is 2. The van der Waals surface area contributed by atoms with E-state index in [-0.39, 0.29) is 17.9 Å². The van der Waals surface area contributed by atoms with Gasteiger partial charge >= 0.3 is 0 Å². The Morgan fingerprint density at radius 3 is 2.35 bits per heavy atom. The number of hydrazine groups is 1. The molecule has 2 aliphatic rings. The number of nitrogens with one attached hydrogen (secondary N) is 2. The molecule has 0 aromatic heterocycles. The number of imide groups is 1.